The van der Waals surface area contributed by atoms with Gasteiger partial charge < -0.3 is 6.33 Å². The quantitative estimate of drug-likeness (QED) is 0.466. The number of rotatable bonds is 0. The number of hydrogen-bond acceptors (Lipinski definition) is 1. The van der Waals surface area contributed by atoms with E-state index in [2.05, 4.69) is 46.6 Å². The van der Waals surface area contributed by atoms with Gasteiger partial charge in [0, 0.05) is 5.54 Å². The van der Waals surface area contributed by atoms with Crippen LogP contribution in [0.4, 0.5) is 0 Å². The first-order valence-electron chi connectivity index (χ1n) is 5.01. The maximum Gasteiger partial charge on any atom is 1.00 e. The zero-order valence-electron chi connectivity index (χ0n) is 11.4. The van der Waals surface area contributed by atoms with Crippen LogP contribution in [0.25, 0.3) is 0 Å². The molecule has 0 radical (unpaired) electrons. The average Bonchev–Trinajstić information content (AvgIpc) is 1.96. The van der Waals surface area contributed by atoms with Crippen molar-refractivity contribution in [1.29, 1.82) is 0 Å². The molecule has 1 nitrogen and oxygen atoms in total. The van der Waals surface area contributed by atoms with E-state index in [9.17, 15) is 0 Å². The van der Waals surface area contributed by atoms with Crippen LogP contribution in [-0.4, -0.2) is 24.0 Å². The molecule has 0 aliphatic carbocycles. The average molecular weight is 177 g/mol. The summed E-state index contributed by atoms with van der Waals surface area (Å²) in [6.45, 7) is 13.2. The summed E-state index contributed by atoms with van der Waals surface area (Å²) in [5, 5.41) is 0. The Hall–Kier alpha value is 0.557. The molecule has 1 aliphatic rings. The molecule has 0 spiro atoms. The van der Waals surface area contributed by atoms with Crippen molar-refractivity contribution < 1.29 is 20.3 Å². The van der Waals surface area contributed by atoms with E-state index in [0.29, 0.717) is 11.0 Å². The van der Waals surface area contributed by atoms with Gasteiger partial charge in [-0.25, -0.2) is 0 Å². The van der Waals surface area contributed by atoms with Crippen molar-refractivity contribution in [1.82, 2.24) is 4.90 Å². The van der Waals surface area contributed by atoms with Crippen molar-refractivity contribution in [3.8, 4) is 0 Å². The molecule has 1 heterocycles. The summed E-state index contributed by atoms with van der Waals surface area (Å²) in [7, 11) is 2.24. The molecular weight excluding hydrogens is 153 g/mol. The molecule has 74 valence electrons. The van der Waals surface area contributed by atoms with Crippen LogP contribution >= 0.6 is 0 Å². The second-order valence-electron chi connectivity index (χ2n) is 5.39. The first-order valence-corrected chi connectivity index (χ1v) is 5.01. The summed E-state index contributed by atoms with van der Waals surface area (Å²) >= 11 is 0. The predicted molar refractivity (Wildman–Crippen MR) is 55.4 cm³/mol. The molecule has 0 saturated carbocycles. The van der Waals surface area contributed by atoms with Crippen molar-refractivity contribution in [3.05, 3.63) is 0 Å². The zero-order chi connectivity index (χ0) is 9.57. The van der Waals surface area contributed by atoms with Gasteiger partial charge in [0.15, 0.2) is 0 Å². The standard InChI is InChI=1S/C11H23N.Li.H/c1-9-7-8-12(6)11(4,5)10(9,2)3;;/h9H,7-8H2,1-6H3;;/q;+1;-1. The third-order valence-corrected chi connectivity index (χ3v) is 4.66. The van der Waals surface area contributed by atoms with Crippen LogP contribution in [0.3, 0.4) is 0 Å². The fraction of sp³-hybridized carbons (Fsp3) is 1.00. The largest absolute Gasteiger partial charge is 1.00 e. The summed E-state index contributed by atoms with van der Waals surface area (Å²) in [5.74, 6) is 0.837. The Morgan fingerprint density at radius 2 is 1.69 bits per heavy atom. The minimum Gasteiger partial charge on any atom is -1.00 e. The summed E-state index contributed by atoms with van der Waals surface area (Å²) in [5.41, 5.74) is 0.769. The van der Waals surface area contributed by atoms with E-state index in [0.717, 1.165) is 5.92 Å². The van der Waals surface area contributed by atoms with Crippen molar-refractivity contribution >= 4 is 0 Å². The molecule has 0 aromatic heterocycles. The Kier molecular flexibility index (Phi) is 4.14. The summed E-state index contributed by atoms with van der Waals surface area (Å²) < 4.78 is 0. The summed E-state index contributed by atoms with van der Waals surface area (Å²) in [4.78, 5) is 2.49. The van der Waals surface area contributed by atoms with Gasteiger partial charge in [0.2, 0.25) is 0 Å². The molecule has 1 rings (SSSR count). The zero-order valence-corrected chi connectivity index (χ0v) is 10.4. The smallest absolute Gasteiger partial charge is 1.00 e. The predicted octanol–water partition coefficient (Wildman–Crippen LogP) is -0.121. The molecule has 0 aromatic carbocycles. The molecule has 1 saturated heterocycles. The number of likely N-dealkylation sites (tertiary alicyclic amines) is 1. The van der Waals surface area contributed by atoms with Gasteiger partial charge in [-0.05, 0) is 45.2 Å². The monoisotopic (exact) mass is 177 g/mol. The van der Waals surface area contributed by atoms with Gasteiger partial charge in [-0.15, -0.1) is 0 Å². The SMILES string of the molecule is CC1CCN(C)C(C)(C)C1(C)C.[H-].[Li+]. The van der Waals surface area contributed by atoms with Crippen molar-refractivity contribution in [2.24, 2.45) is 11.3 Å². The summed E-state index contributed by atoms with van der Waals surface area (Å²) in [6, 6.07) is 0. The van der Waals surface area contributed by atoms with Crippen LogP contribution in [0, 0.1) is 11.3 Å². The Labute approximate surface area is 96.9 Å². The second-order valence-corrected chi connectivity index (χ2v) is 5.39. The molecule has 1 aliphatic heterocycles. The van der Waals surface area contributed by atoms with Crippen LogP contribution in [-0.2, 0) is 0 Å². The second kappa shape index (κ2) is 3.97. The van der Waals surface area contributed by atoms with Gasteiger partial charge in [-0.3, -0.25) is 0 Å². The Bertz CT molecular complexity index is 160. The Balaban J connectivity index is 0. The van der Waals surface area contributed by atoms with Crippen LogP contribution in [0.2, 0.25) is 0 Å². The van der Waals surface area contributed by atoms with Crippen LogP contribution in [0.1, 0.15) is 42.5 Å². The molecule has 1 unspecified atom stereocenters. The first kappa shape index (κ1) is 13.6. The molecule has 0 N–H and O–H groups in total. The van der Waals surface area contributed by atoms with E-state index in [1.54, 1.807) is 0 Å². The molecular formula is C11H24LiN. The maximum absolute atomic E-state index is 2.49. The van der Waals surface area contributed by atoms with Gasteiger partial charge in [-0.2, -0.15) is 0 Å². The van der Waals surface area contributed by atoms with Crippen LogP contribution in [0.5, 0.6) is 0 Å². The molecule has 0 bridgehead atoms. The van der Waals surface area contributed by atoms with Crippen molar-refractivity contribution in [2.75, 3.05) is 13.6 Å². The van der Waals surface area contributed by atoms with E-state index in [1.807, 2.05) is 0 Å². The molecule has 0 aromatic rings. The third-order valence-electron chi connectivity index (χ3n) is 4.66. The fourth-order valence-corrected chi connectivity index (χ4v) is 2.12. The summed E-state index contributed by atoms with van der Waals surface area (Å²) in [6.07, 6.45) is 1.34. The Morgan fingerprint density at radius 1 is 1.23 bits per heavy atom. The van der Waals surface area contributed by atoms with Crippen LogP contribution in [0.15, 0.2) is 0 Å². The molecule has 2 heteroatoms. The molecule has 1 fully saturated rings. The van der Waals surface area contributed by atoms with Gasteiger partial charge in [0.1, 0.15) is 0 Å². The first-order chi connectivity index (χ1) is 5.30. The van der Waals surface area contributed by atoms with Gasteiger partial charge in [0.05, 0.1) is 0 Å². The number of nitrogens with zero attached hydrogens (tertiary/aromatic N) is 1. The topological polar surface area (TPSA) is 3.24 Å². The van der Waals surface area contributed by atoms with Crippen molar-refractivity contribution in [2.45, 2.75) is 46.6 Å². The third kappa shape index (κ3) is 1.98. The number of hydrogen-bond donors (Lipinski definition) is 0. The minimum absolute atomic E-state index is 0. The van der Waals surface area contributed by atoms with E-state index in [1.165, 1.54) is 13.0 Å². The van der Waals surface area contributed by atoms with E-state index < -0.39 is 0 Å². The normalized spacial score (nSPS) is 32.3. The van der Waals surface area contributed by atoms with Gasteiger partial charge >= 0.3 is 18.9 Å². The molecule has 13 heavy (non-hydrogen) atoms. The fourth-order valence-electron chi connectivity index (χ4n) is 2.12. The number of piperidine rings is 1. The van der Waals surface area contributed by atoms with E-state index >= 15 is 0 Å². The van der Waals surface area contributed by atoms with E-state index in [4.69, 9.17) is 0 Å². The van der Waals surface area contributed by atoms with Gasteiger partial charge in [0.25, 0.3) is 0 Å². The van der Waals surface area contributed by atoms with Gasteiger partial charge in [-0.1, -0.05) is 20.8 Å². The maximum atomic E-state index is 2.49. The Morgan fingerprint density at radius 3 is 2.08 bits per heavy atom. The van der Waals surface area contributed by atoms with Crippen LogP contribution < -0.4 is 18.9 Å². The van der Waals surface area contributed by atoms with E-state index in [-0.39, 0.29) is 20.3 Å². The van der Waals surface area contributed by atoms with Crippen molar-refractivity contribution in [3.63, 3.8) is 0 Å². The molecule has 0 amide bonds. The minimum atomic E-state index is 0. The molecule has 1 atom stereocenters.